The quantitative estimate of drug-likeness (QED) is 0.557. The first kappa shape index (κ1) is 13.0. The number of ether oxygens (including phenoxy) is 1. The van der Waals surface area contributed by atoms with E-state index in [2.05, 4.69) is 4.85 Å². The summed E-state index contributed by atoms with van der Waals surface area (Å²) < 4.78 is 5.97. The van der Waals surface area contributed by atoms with Crippen molar-refractivity contribution in [3.8, 4) is 22.6 Å². The van der Waals surface area contributed by atoms with Gasteiger partial charge in [-0.25, -0.2) is 4.85 Å². The van der Waals surface area contributed by atoms with Crippen LogP contribution in [0.3, 0.4) is 0 Å². The van der Waals surface area contributed by atoms with Gasteiger partial charge in [0, 0.05) is 5.56 Å². The number of para-hydroxylation sites is 3. The summed E-state index contributed by atoms with van der Waals surface area (Å²) >= 11 is 0. The van der Waals surface area contributed by atoms with Gasteiger partial charge in [-0.3, -0.25) is 0 Å². The lowest BCUT2D eigenvalue weighted by atomic mass is 10.0. The molecule has 0 unspecified atom stereocenters. The Morgan fingerprint density at radius 3 is 2.05 bits per heavy atom. The summed E-state index contributed by atoms with van der Waals surface area (Å²) in [7, 11) is 0. The molecule has 0 fully saturated rings. The van der Waals surface area contributed by atoms with Gasteiger partial charge in [0.1, 0.15) is 11.5 Å². The maximum atomic E-state index is 7.21. The van der Waals surface area contributed by atoms with Gasteiger partial charge in [-0.05, 0) is 17.7 Å². The lowest BCUT2D eigenvalue weighted by Gasteiger charge is -2.12. The number of nitrogens with zero attached hydrogens (tertiary/aromatic N) is 1. The fraction of sp³-hybridized carbons (Fsp3) is 0. The van der Waals surface area contributed by atoms with Gasteiger partial charge in [0.25, 0.3) is 0 Å². The second-order valence-corrected chi connectivity index (χ2v) is 4.54. The summed E-state index contributed by atoms with van der Waals surface area (Å²) in [5.74, 6) is 1.33. The molecule has 0 N–H and O–H groups in total. The number of benzene rings is 3. The van der Waals surface area contributed by atoms with E-state index in [-0.39, 0.29) is 0 Å². The molecule has 0 spiro atoms. The lowest BCUT2D eigenvalue weighted by molar-refractivity contribution is 0.487. The van der Waals surface area contributed by atoms with Crippen molar-refractivity contribution in [2.45, 2.75) is 0 Å². The second-order valence-electron chi connectivity index (χ2n) is 4.54. The average Bonchev–Trinajstić information content (AvgIpc) is 2.57. The van der Waals surface area contributed by atoms with E-state index in [4.69, 9.17) is 11.3 Å². The van der Waals surface area contributed by atoms with Crippen LogP contribution in [0.1, 0.15) is 0 Å². The highest BCUT2D eigenvalue weighted by atomic mass is 16.5. The summed E-state index contributed by atoms with van der Waals surface area (Å²) in [4.78, 5) is 3.49. The second kappa shape index (κ2) is 5.94. The third-order valence-corrected chi connectivity index (χ3v) is 3.18. The van der Waals surface area contributed by atoms with Crippen molar-refractivity contribution >= 4 is 5.69 Å². The summed E-state index contributed by atoms with van der Waals surface area (Å²) in [6, 6.07) is 25.2. The molecule has 3 rings (SSSR count). The van der Waals surface area contributed by atoms with Gasteiger partial charge in [-0.2, -0.15) is 0 Å². The Morgan fingerprint density at radius 1 is 0.667 bits per heavy atom. The molecule has 3 aromatic rings. The monoisotopic (exact) mass is 271 g/mol. The van der Waals surface area contributed by atoms with Crippen molar-refractivity contribution in [2.24, 2.45) is 0 Å². The lowest BCUT2D eigenvalue weighted by Crippen LogP contribution is -1.88. The van der Waals surface area contributed by atoms with Crippen LogP contribution in [0.25, 0.3) is 16.0 Å². The fourth-order valence-corrected chi connectivity index (χ4v) is 2.17. The van der Waals surface area contributed by atoms with Gasteiger partial charge in [0.15, 0.2) is 0 Å². The van der Waals surface area contributed by atoms with Crippen molar-refractivity contribution in [2.75, 3.05) is 0 Å². The maximum Gasteiger partial charge on any atom is 0.228 e. The molecule has 0 amide bonds. The zero-order valence-electron chi connectivity index (χ0n) is 11.4. The standard InChI is InChI=1S/C19H13NO/c1-20-17-12-6-8-14-19(17)21-18-13-7-5-11-16(18)15-9-3-2-4-10-15/h2-14H. The Balaban J connectivity index is 2.03. The first-order valence-electron chi connectivity index (χ1n) is 6.67. The molecular weight excluding hydrogens is 258 g/mol. The van der Waals surface area contributed by atoms with Gasteiger partial charge in [0.05, 0.1) is 6.57 Å². The van der Waals surface area contributed by atoms with Crippen LogP contribution in [0, 0.1) is 6.57 Å². The van der Waals surface area contributed by atoms with E-state index in [0.717, 1.165) is 16.9 Å². The molecule has 21 heavy (non-hydrogen) atoms. The zero-order valence-corrected chi connectivity index (χ0v) is 11.4. The number of rotatable bonds is 3. The fourth-order valence-electron chi connectivity index (χ4n) is 2.17. The van der Waals surface area contributed by atoms with Crippen LogP contribution in [0.15, 0.2) is 78.9 Å². The predicted molar refractivity (Wildman–Crippen MR) is 84.7 cm³/mol. The third-order valence-electron chi connectivity index (χ3n) is 3.18. The highest BCUT2D eigenvalue weighted by Crippen LogP contribution is 2.36. The van der Waals surface area contributed by atoms with E-state index in [0.29, 0.717) is 11.4 Å². The highest BCUT2D eigenvalue weighted by Gasteiger charge is 2.09. The molecule has 0 aliphatic rings. The highest BCUT2D eigenvalue weighted by molar-refractivity contribution is 5.71. The first-order valence-corrected chi connectivity index (χ1v) is 6.67. The van der Waals surface area contributed by atoms with Crippen molar-refractivity contribution in [1.29, 1.82) is 0 Å². The van der Waals surface area contributed by atoms with E-state index in [1.807, 2.05) is 72.8 Å². The van der Waals surface area contributed by atoms with E-state index >= 15 is 0 Å². The van der Waals surface area contributed by atoms with Gasteiger partial charge < -0.3 is 4.74 Å². The van der Waals surface area contributed by atoms with Crippen molar-refractivity contribution < 1.29 is 4.74 Å². The van der Waals surface area contributed by atoms with Gasteiger partial charge >= 0.3 is 0 Å². The van der Waals surface area contributed by atoms with Crippen LogP contribution in [-0.4, -0.2) is 0 Å². The molecule has 100 valence electrons. The molecular formula is C19H13NO. The molecule has 0 saturated carbocycles. The summed E-state index contributed by atoms with van der Waals surface area (Å²) in [6.45, 7) is 7.21. The average molecular weight is 271 g/mol. The molecule has 0 atom stereocenters. The maximum absolute atomic E-state index is 7.21. The van der Waals surface area contributed by atoms with Crippen molar-refractivity contribution in [1.82, 2.24) is 0 Å². The van der Waals surface area contributed by atoms with E-state index in [1.165, 1.54) is 0 Å². The Bertz CT molecular complexity index is 788. The van der Waals surface area contributed by atoms with Crippen LogP contribution < -0.4 is 4.74 Å². The minimum absolute atomic E-state index is 0.514. The normalized spacial score (nSPS) is 9.86. The van der Waals surface area contributed by atoms with E-state index in [1.54, 1.807) is 6.07 Å². The molecule has 2 heteroatoms. The first-order chi connectivity index (χ1) is 10.4. The molecule has 0 aliphatic heterocycles. The molecule has 2 nitrogen and oxygen atoms in total. The van der Waals surface area contributed by atoms with Gasteiger partial charge in [0.2, 0.25) is 5.69 Å². The van der Waals surface area contributed by atoms with Crippen LogP contribution in [0.5, 0.6) is 11.5 Å². The summed E-state index contributed by atoms with van der Waals surface area (Å²) in [5.41, 5.74) is 2.62. The molecule has 0 bridgehead atoms. The van der Waals surface area contributed by atoms with Crippen LogP contribution in [0.2, 0.25) is 0 Å². The smallest absolute Gasteiger partial charge is 0.228 e. The molecule has 0 radical (unpaired) electrons. The van der Waals surface area contributed by atoms with Crippen molar-refractivity contribution in [3.63, 3.8) is 0 Å². The zero-order chi connectivity index (χ0) is 14.5. The van der Waals surface area contributed by atoms with Crippen LogP contribution in [0.4, 0.5) is 5.69 Å². The minimum atomic E-state index is 0.514. The SMILES string of the molecule is [C-]#[N+]c1ccccc1Oc1ccccc1-c1ccccc1. The van der Waals surface area contributed by atoms with Gasteiger partial charge in [-0.1, -0.05) is 66.7 Å². The molecule has 0 aromatic heterocycles. The van der Waals surface area contributed by atoms with Gasteiger partial charge in [-0.15, -0.1) is 0 Å². The molecule has 0 saturated heterocycles. The minimum Gasteiger partial charge on any atom is -0.468 e. The summed E-state index contributed by atoms with van der Waals surface area (Å²) in [6.07, 6.45) is 0. The molecule has 0 aliphatic carbocycles. The number of hydrogen-bond donors (Lipinski definition) is 0. The number of hydrogen-bond acceptors (Lipinski definition) is 1. The van der Waals surface area contributed by atoms with Crippen molar-refractivity contribution in [3.05, 3.63) is 90.3 Å². The molecule has 3 aromatic carbocycles. The summed E-state index contributed by atoms with van der Waals surface area (Å²) in [5, 5.41) is 0. The Kier molecular flexibility index (Phi) is 3.66. The van der Waals surface area contributed by atoms with Crippen LogP contribution in [-0.2, 0) is 0 Å². The Hall–Kier alpha value is -3.05. The molecule has 0 heterocycles. The van der Waals surface area contributed by atoms with E-state index < -0.39 is 0 Å². The van der Waals surface area contributed by atoms with E-state index in [9.17, 15) is 0 Å². The Morgan fingerprint density at radius 2 is 1.29 bits per heavy atom. The van der Waals surface area contributed by atoms with Crippen LogP contribution >= 0.6 is 0 Å². The Labute approximate surface area is 124 Å². The topological polar surface area (TPSA) is 13.6 Å². The largest absolute Gasteiger partial charge is 0.468 e. The third kappa shape index (κ3) is 2.77. The predicted octanol–water partition coefficient (Wildman–Crippen LogP) is 5.70.